The minimum absolute atomic E-state index is 0.0369. The fourth-order valence-corrected chi connectivity index (χ4v) is 2.40. The second-order valence-electron chi connectivity index (χ2n) is 5.29. The van der Waals surface area contributed by atoms with E-state index in [0.29, 0.717) is 18.7 Å². The summed E-state index contributed by atoms with van der Waals surface area (Å²) in [7, 11) is 0. The van der Waals surface area contributed by atoms with Crippen LogP contribution in [0.2, 0.25) is 0 Å². The molecule has 1 fully saturated rings. The van der Waals surface area contributed by atoms with Gasteiger partial charge in [-0.1, -0.05) is 15.9 Å². The van der Waals surface area contributed by atoms with Gasteiger partial charge in [0.1, 0.15) is 6.54 Å². The van der Waals surface area contributed by atoms with E-state index in [4.69, 9.17) is 9.47 Å². The molecule has 0 aliphatic carbocycles. The molecule has 7 nitrogen and oxygen atoms in total. The van der Waals surface area contributed by atoms with E-state index in [-0.39, 0.29) is 25.2 Å². The molecule has 24 heavy (non-hydrogen) atoms. The van der Waals surface area contributed by atoms with Crippen LogP contribution in [0, 0.1) is 0 Å². The third-order valence-corrected chi connectivity index (χ3v) is 3.94. The Morgan fingerprint density at radius 2 is 1.96 bits per heavy atom. The first kappa shape index (κ1) is 18.4. The van der Waals surface area contributed by atoms with Gasteiger partial charge in [0, 0.05) is 23.2 Å². The first-order valence-corrected chi connectivity index (χ1v) is 8.41. The Labute approximate surface area is 148 Å². The van der Waals surface area contributed by atoms with Gasteiger partial charge in [0.2, 0.25) is 0 Å². The lowest BCUT2D eigenvalue weighted by atomic mass is 10.2. The second-order valence-corrected chi connectivity index (χ2v) is 6.21. The SMILES string of the molecule is O=C(COC(=O)CNC(=O)c1ccc(Br)cc1)NC[C@@H]1CCCO1. The molecule has 0 bridgehead atoms. The zero-order valence-corrected chi connectivity index (χ0v) is 14.6. The zero-order valence-electron chi connectivity index (χ0n) is 13.0. The smallest absolute Gasteiger partial charge is 0.325 e. The summed E-state index contributed by atoms with van der Waals surface area (Å²) in [6.45, 7) is 0.456. The molecular formula is C16H19BrN2O5. The maximum atomic E-state index is 11.8. The molecule has 1 saturated heterocycles. The van der Waals surface area contributed by atoms with Crippen molar-refractivity contribution in [3.05, 3.63) is 34.3 Å². The average Bonchev–Trinajstić information content (AvgIpc) is 3.10. The Morgan fingerprint density at radius 3 is 2.62 bits per heavy atom. The average molecular weight is 399 g/mol. The van der Waals surface area contributed by atoms with Gasteiger partial charge in [0.05, 0.1) is 6.10 Å². The van der Waals surface area contributed by atoms with Crippen LogP contribution in [0.15, 0.2) is 28.7 Å². The van der Waals surface area contributed by atoms with Crippen LogP contribution in [0.25, 0.3) is 0 Å². The number of amides is 2. The normalized spacial score (nSPS) is 16.5. The van der Waals surface area contributed by atoms with Gasteiger partial charge in [-0.15, -0.1) is 0 Å². The molecule has 0 aromatic heterocycles. The zero-order chi connectivity index (χ0) is 17.4. The number of benzene rings is 1. The highest BCUT2D eigenvalue weighted by Gasteiger charge is 2.16. The third-order valence-electron chi connectivity index (χ3n) is 3.41. The summed E-state index contributed by atoms with van der Waals surface area (Å²) in [5.41, 5.74) is 0.431. The molecule has 1 aromatic carbocycles. The number of halogens is 1. The number of nitrogens with one attached hydrogen (secondary N) is 2. The van der Waals surface area contributed by atoms with Gasteiger partial charge in [-0.05, 0) is 37.1 Å². The van der Waals surface area contributed by atoms with Crippen LogP contribution < -0.4 is 10.6 Å². The predicted molar refractivity (Wildman–Crippen MR) is 89.4 cm³/mol. The van der Waals surface area contributed by atoms with E-state index in [9.17, 15) is 14.4 Å². The van der Waals surface area contributed by atoms with Gasteiger partial charge in [-0.25, -0.2) is 0 Å². The van der Waals surface area contributed by atoms with Gasteiger partial charge in [-0.3, -0.25) is 14.4 Å². The number of hydrogen-bond donors (Lipinski definition) is 2. The molecule has 1 atom stereocenters. The lowest BCUT2D eigenvalue weighted by molar-refractivity contribution is -0.147. The van der Waals surface area contributed by atoms with E-state index in [1.165, 1.54) is 0 Å². The quantitative estimate of drug-likeness (QED) is 0.668. The molecule has 2 N–H and O–H groups in total. The summed E-state index contributed by atoms with van der Waals surface area (Å²) in [5, 5.41) is 5.08. The Morgan fingerprint density at radius 1 is 1.21 bits per heavy atom. The number of hydrogen-bond acceptors (Lipinski definition) is 5. The summed E-state index contributed by atoms with van der Waals surface area (Å²) in [6.07, 6.45) is 1.95. The summed E-state index contributed by atoms with van der Waals surface area (Å²) in [4.78, 5) is 34.9. The van der Waals surface area contributed by atoms with Crippen molar-refractivity contribution in [1.29, 1.82) is 0 Å². The molecule has 0 radical (unpaired) electrons. The molecule has 2 rings (SSSR count). The number of carbonyl (C=O) groups is 3. The van der Waals surface area contributed by atoms with Crippen molar-refractivity contribution in [2.75, 3.05) is 26.3 Å². The highest BCUT2D eigenvalue weighted by molar-refractivity contribution is 9.10. The third kappa shape index (κ3) is 6.29. The van der Waals surface area contributed by atoms with Crippen molar-refractivity contribution in [1.82, 2.24) is 10.6 Å². The summed E-state index contributed by atoms with van der Waals surface area (Å²) in [5.74, 6) is -1.45. The van der Waals surface area contributed by atoms with E-state index in [2.05, 4.69) is 26.6 Å². The lowest BCUT2D eigenvalue weighted by Crippen LogP contribution is -2.36. The largest absolute Gasteiger partial charge is 0.454 e. The molecule has 0 spiro atoms. The Hall–Kier alpha value is -1.93. The Kier molecular flexibility index (Phi) is 7.20. The molecule has 130 valence electrons. The molecule has 2 amide bonds. The molecular weight excluding hydrogens is 380 g/mol. The van der Waals surface area contributed by atoms with Crippen LogP contribution in [0.5, 0.6) is 0 Å². The lowest BCUT2D eigenvalue weighted by Gasteiger charge is -2.11. The first-order valence-electron chi connectivity index (χ1n) is 7.62. The van der Waals surface area contributed by atoms with Gasteiger partial charge >= 0.3 is 5.97 Å². The highest BCUT2D eigenvalue weighted by Crippen LogP contribution is 2.11. The second kappa shape index (κ2) is 9.39. The monoisotopic (exact) mass is 398 g/mol. The topological polar surface area (TPSA) is 93.7 Å². The molecule has 1 aliphatic heterocycles. The van der Waals surface area contributed by atoms with Crippen LogP contribution in [0.3, 0.4) is 0 Å². The number of esters is 1. The van der Waals surface area contributed by atoms with E-state index < -0.39 is 11.9 Å². The minimum Gasteiger partial charge on any atom is -0.454 e. The van der Waals surface area contributed by atoms with Crippen LogP contribution in [-0.2, 0) is 19.1 Å². The molecule has 8 heteroatoms. The van der Waals surface area contributed by atoms with Crippen molar-refractivity contribution in [2.24, 2.45) is 0 Å². The van der Waals surface area contributed by atoms with Gasteiger partial charge < -0.3 is 20.1 Å². The van der Waals surface area contributed by atoms with Crippen LogP contribution in [0.1, 0.15) is 23.2 Å². The molecule has 1 aromatic rings. The van der Waals surface area contributed by atoms with Gasteiger partial charge in [0.15, 0.2) is 6.61 Å². The summed E-state index contributed by atoms with van der Waals surface area (Å²) in [6, 6.07) is 6.71. The van der Waals surface area contributed by atoms with Gasteiger partial charge in [0.25, 0.3) is 11.8 Å². The number of carbonyl (C=O) groups excluding carboxylic acids is 3. The standard InChI is InChI=1S/C16H19BrN2O5/c17-12-5-3-11(4-6-12)16(22)19-9-15(21)24-10-14(20)18-8-13-2-1-7-23-13/h3-6,13H,1-2,7-10H2,(H,18,20)(H,19,22)/t13-/m0/s1. The van der Waals surface area contributed by atoms with E-state index >= 15 is 0 Å². The first-order chi connectivity index (χ1) is 11.5. The maximum Gasteiger partial charge on any atom is 0.325 e. The maximum absolute atomic E-state index is 11.8. The predicted octanol–water partition coefficient (Wildman–Crippen LogP) is 1.02. The van der Waals surface area contributed by atoms with E-state index in [1.807, 2.05) is 0 Å². The number of rotatable bonds is 7. The van der Waals surface area contributed by atoms with Crippen LogP contribution in [-0.4, -0.2) is 50.2 Å². The van der Waals surface area contributed by atoms with Crippen LogP contribution in [0.4, 0.5) is 0 Å². The van der Waals surface area contributed by atoms with Crippen molar-refractivity contribution < 1.29 is 23.9 Å². The summed E-state index contributed by atoms with van der Waals surface area (Å²) >= 11 is 3.27. The van der Waals surface area contributed by atoms with E-state index in [0.717, 1.165) is 17.3 Å². The molecule has 1 heterocycles. The Balaban J connectivity index is 1.61. The fourth-order valence-electron chi connectivity index (χ4n) is 2.14. The van der Waals surface area contributed by atoms with Crippen molar-refractivity contribution >= 4 is 33.7 Å². The van der Waals surface area contributed by atoms with Crippen molar-refractivity contribution in [3.63, 3.8) is 0 Å². The summed E-state index contributed by atoms with van der Waals surface area (Å²) < 4.78 is 11.0. The number of ether oxygens (including phenoxy) is 2. The van der Waals surface area contributed by atoms with Gasteiger partial charge in [-0.2, -0.15) is 0 Å². The highest BCUT2D eigenvalue weighted by atomic mass is 79.9. The molecule has 1 aliphatic rings. The van der Waals surface area contributed by atoms with Crippen molar-refractivity contribution in [2.45, 2.75) is 18.9 Å². The fraction of sp³-hybridized carbons (Fsp3) is 0.438. The Bertz CT molecular complexity index is 585. The van der Waals surface area contributed by atoms with Crippen molar-refractivity contribution in [3.8, 4) is 0 Å². The minimum atomic E-state index is -0.673. The molecule has 0 saturated carbocycles. The molecule has 0 unspecified atom stereocenters. The van der Waals surface area contributed by atoms with E-state index in [1.54, 1.807) is 24.3 Å². The van der Waals surface area contributed by atoms with Crippen LogP contribution >= 0.6 is 15.9 Å².